The van der Waals surface area contributed by atoms with Gasteiger partial charge in [-0.05, 0) is 86.3 Å². The number of benzene rings is 7. The average molecular weight is 575 g/mol. The van der Waals surface area contributed by atoms with E-state index in [0.717, 1.165) is 10.2 Å². The van der Waals surface area contributed by atoms with Crippen molar-refractivity contribution in [2.75, 3.05) is 0 Å². The minimum Gasteiger partial charge on any atom is -0.309 e. The van der Waals surface area contributed by atoms with Crippen molar-refractivity contribution in [2.24, 2.45) is 0 Å². The largest absolute Gasteiger partial charge is 0.309 e. The average Bonchev–Trinajstić information content (AvgIpc) is 3.34. The molecule has 1 heterocycles. The van der Waals surface area contributed by atoms with Crippen LogP contribution in [0.5, 0.6) is 0 Å². The normalized spacial score (nSPS) is 11.6. The lowest BCUT2D eigenvalue weighted by atomic mass is 9.92. The van der Waals surface area contributed by atoms with Gasteiger partial charge in [-0.1, -0.05) is 119 Å². The van der Waals surface area contributed by atoms with Gasteiger partial charge in [-0.15, -0.1) is 0 Å². The Morgan fingerprint density at radius 2 is 0.925 bits per heavy atom. The van der Waals surface area contributed by atoms with Crippen LogP contribution < -0.4 is 0 Å². The molecular formula is C38H24BrN. The highest BCUT2D eigenvalue weighted by atomic mass is 79.9. The zero-order chi connectivity index (χ0) is 26.6. The zero-order valence-electron chi connectivity index (χ0n) is 21.7. The first-order valence-corrected chi connectivity index (χ1v) is 14.3. The van der Waals surface area contributed by atoms with Crippen LogP contribution in [0.4, 0.5) is 0 Å². The molecule has 0 amide bonds. The van der Waals surface area contributed by atoms with Crippen LogP contribution in [0, 0.1) is 0 Å². The maximum atomic E-state index is 3.70. The van der Waals surface area contributed by atoms with Crippen molar-refractivity contribution < 1.29 is 0 Å². The summed E-state index contributed by atoms with van der Waals surface area (Å²) in [5.74, 6) is 0. The Kier molecular flexibility index (Phi) is 5.36. The summed E-state index contributed by atoms with van der Waals surface area (Å²) in [6.45, 7) is 0. The summed E-state index contributed by atoms with van der Waals surface area (Å²) in [6.07, 6.45) is 0. The molecule has 0 atom stereocenters. The van der Waals surface area contributed by atoms with Gasteiger partial charge in [0, 0.05) is 20.9 Å². The molecular weight excluding hydrogens is 550 g/mol. The Bertz CT molecular complexity index is 2130. The van der Waals surface area contributed by atoms with Crippen molar-refractivity contribution in [3.63, 3.8) is 0 Å². The third-order valence-electron chi connectivity index (χ3n) is 8.01. The van der Waals surface area contributed by atoms with Gasteiger partial charge in [0.15, 0.2) is 0 Å². The summed E-state index contributed by atoms with van der Waals surface area (Å²) < 4.78 is 3.50. The molecule has 0 saturated heterocycles. The summed E-state index contributed by atoms with van der Waals surface area (Å²) in [4.78, 5) is 0. The second-order valence-electron chi connectivity index (χ2n) is 10.3. The van der Waals surface area contributed by atoms with E-state index >= 15 is 0 Å². The van der Waals surface area contributed by atoms with Crippen molar-refractivity contribution >= 4 is 59.3 Å². The molecule has 1 aromatic heterocycles. The zero-order valence-corrected chi connectivity index (χ0v) is 23.3. The second-order valence-corrected chi connectivity index (χ2v) is 11.3. The van der Waals surface area contributed by atoms with E-state index in [0.29, 0.717) is 0 Å². The fraction of sp³-hybridized carbons (Fsp3) is 0. The molecule has 0 aliphatic rings. The summed E-state index contributed by atoms with van der Waals surface area (Å²) in [7, 11) is 0. The van der Waals surface area contributed by atoms with E-state index in [1.54, 1.807) is 0 Å². The first kappa shape index (κ1) is 23.2. The number of para-hydroxylation sites is 1. The van der Waals surface area contributed by atoms with Crippen molar-refractivity contribution in [2.45, 2.75) is 0 Å². The minimum absolute atomic E-state index is 1.09. The Morgan fingerprint density at radius 1 is 0.400 bits per heavy atom. The molecule has 0 fully saturated rings. The van der Waals surface area contributed by atoms with Crippen LogP contribution in [0.25, 0.3) is 71.3 Å². The lowest BCUT2D eigenvalue weighted by Crippen LogP contribution is -1.96. The van der Waals surface area contributed by atoms with Gasteiger partial charge in [0.05, 0.1) is 11.0 Å². The summed E-state index contributed by atoms with van der Waals surface area (Å²) >= 11 is 3.70. The van der Waals surface area contributed by atoms with E-state index in [2.05, 4.69) is 166 Å². The second kappa shape index (κ2) is 9.22. The molecule has 188 valence electrons. The monoisotopic (exact) mass is 573 g/mol. The molecule has 0 unspecified atom stereocenters. The lowest BCUT2D eigenvalue weighted by Gasteiger charge is -2.16. The van der Waals surface area contributed by atoms with Gasteiger partial charge in [0.1, 0.15) is 0 Å². The molecule has 2 heteroatoms. The molecule has 40 heavy (non-hydrogen) atoms. The van der Waals surface area contributed by atoms with E-state index in [1.807, 2.05) is 0 Å². The SMILES string of the molecule is Brc1ccc2c(c1)c1ccccc1n2-c1cc(-c2cccc3ccccc23)cc(-c2cccc3ccccc23)c1. The summed E-state index contributed by atoms with van der Waals surface area (Å²) in [5, 5.41) is 7.51. The number of halogens is 1. The number of fused-ring (bicyclic) bond motifs is 5. The van der Waals surface area contributed by atoms with Crippen LogP contribution in [-0.2, 0) is 0 Å². The van der Waals surface area contributed by atoms with Crippen LogP contribution in [0.2, 0.25) is 0 Å². The van der Waals surface area contributed by atoms with E-state index < -0.39 is 0 Å². The standard InChI is InChI=1S/C38H24BrN/c39-29-19-20-38-36(24-29)35-15-5-6-18-37(35)40(38)30-22-27(33-16-7-11-25-9-1-3-13-31(25)33)21-28(23-30)34-17-8-12-26-10-2-4-14-32(26)34/h1-24H. The fourth-order valence-electron chi connectivity index (χ4n) is 6.23. The predicted octanol–water partition coefficient (Wildman–Crippen LogP) is 11.2. The van der Waals surface area contributed by atoms with E-state index in [-0.39, 0.29) is 0 Å². The first-order valence-electron chi connectivity index (χ1n) is 13.5. The molecule has 0 radical (unpaired) electrons. The number of hydrogen-bond donors (Lipinski definition) is 0. The minimum atomic E-state index is 1.09. The van der Waals surface area contributed by atoms with Crippen molar-refractivity contribution in [3.05, 3.63) is 150 Å². The smallest absolute Gasteiger partial charge is 0.0541 e. The van der Waals surface area contributed by atoms with Crippen molar-refractivity contribution in [1.82, 2.24) is 4.57 Å². The summed E-state index contributed by atoms with van der Waals surface area (Å²) in [5.41, 5.74) is 8.45. The quantitative estimate of drug-likeness (QED) is 0.198. The van der Waals surface area contributed by atoms with Crippen LogP contribution >= 0.6 is 15.9 Å². The molecule has 0 saturated carbocycles. The van der Waals surface area contributed by atoms with Crippen molar-refractivity contribution in [1.29, 1.82) is 0 Å². The van der Waals surface area contributed by atoms with Gasteiger partial charge in [-0.2, -0.15) is 0 Å². The van der Waals surface area contributed by atoms with Crippen LogP contribution in [0.3, 0.4) is 0 Å². The van der Waals surface area contributed by atoms with Gasteiger partial charge in [-0.25, -0.2) is 0 Å². The molecule has 0 N–H and O–H groups in total. The molecule has 7 aromatic carbocycles. The molecule has 0 spiro atoms. The molecule has 0 aliphatic carbocycles. The molecule has 0 bridgehead atoms. The van der Waals surface area contributed by atoms with Crippen LogP contribution in [-0.4, -0.2) is 4.57 Å². The summed E-state index contributed by atoms with van der Waals surface area (Å²) in [6, 6.07) is 52.9. The van der Waals surface area contributed by atoms with Gasteiger partial charge < -0.3 is 4.57 Å². The maximum absolute atomic E-state index is 3.70. The first-order chi connectivity index (χ1) is 19.7. The number of rotatable bonds is 3. The highest BCUT2D eigenvalue weighted by Gasteiger charge is 2.16. The predicted molar refractivity (Wildman–Crippen MR) is 174 cm³/mol. The molecule has 8 aromatic rings. The third-order valence-corrected chi connectivity index (χ3v) is 8.51. The fourth-order valence-corrected chi connectivity index (χ4v) is 6.59. The Labute approximate surface area is 241 Å². The van der Waals surface area contributed by atoms with Crippen LogP contribution in [0.15, 0.2) is 150 Å². The Hall–Kier alpha value is -4.66. The Balaban J connectivity index is 1.49. The molecule has 8 rings (SSSR count). The highest BCUT2D eigenvalue weighted by molar-refractivity contribution is 9.10. The number of hydrogen-bond acceptors (Lipinski definition) is 0. The van der Waals surface area contributed by atoms with E-state index in [9.17, 15) is 0 Å². The molecule has 1 nitrogen and oxygen atoms in total. The highest BCUT2D eigenvalue weighted by Crippen LogP contribution is 2.39. The van der Waals surface area contributed by atoms with Gasteiger partial charge in [0.25, 0.3) is 0 Å². The van der Waals surface area contributed by atoms with E-state index in [4.69, 9.17) is 0 Å². The Morgan fingerprint density at radius 3 is 1.57 bits per heavy atom. The number of aromatic nitrogens is 1. The van der Waals surface area contributed by atoms with Gasteiger partial charge in [0.2, 0.25) is 0 Å². The van der Waals surface area contributed by atoms with Crippen LogP contribution in [0.1, 0.15) is 0 Å². The lowest BCUT2D eigenvalue weighted by molar-refractivity contribution is 1.18. The van der Waals surface area contributed by atoms with E-state index in [1.165, 1.54) is 65.6 Å². The maximum Gasteiger partial charge on any atom is 0.0541 e. The van der Waals surface area contributed by atoms with Crippen molar-refractivity contribution in [3.8, 4) is 27.9 Å². The molecule has 0 aliphatic heterocycles. The number of nitrogens with zero attached hydrogens (tertiary/aromatic N) is 1. The topological polar surface area (TPSA) is 4.93 Å². The van der Waals surface area contributed by atoms with Gasteiger partial charge >= 0.3 is 0 Å². The van der Waals surface area contributed by atoms with Gasteiger partial charge in [-0.3, -0.25) is 0 Å². The third kappa shape index (κ3) is 3.68.